The molecule has 1 heterocycles. The SMILES string of the molecule is CC(CO)C(C)(C)OC(=O)C1CCCN1. The molecular formula is C11H21NO3. The van der Waals surface area contributed by atoms with Gasteiger partial charge in [0.25, 0.3) is 0 Å². The Morgan fingerprint density at radius 1 is 1.67 bits per heavy atom. The number of rotatable bonds is 4. The minimum atomic E-state index is -0.601. The maximum Gasteiger partial charge on any atom is 0.323 e. The van der Waals surface area contributed by atoms with E-state index in [1.165, 1.54) is 0 Å². The molecule has 15 heavy (non-hydrogen) atoms. The summed E-state index contributed by atoms with van der Waals surface area (Å²) in [7, 11) is 0. The van der Waals surface area contributed by atoms with Gasteiger partial charge in [-0.25, -0.2) is 0 Å². The van der Waals surface area contributed by atoms with Crippen LogP contribution in [0.2, 0.25) is 0 Å². The van der Waals surface area contributed by atoms with Gasteiger partial charge in [-0.3, -0.25) is 4.79 Å². The molecule has 0 aromatic rings. The van der Waals surface area contributed by atoms with Gasteiger partial charge in [-0.05, 0) is 33.2 Å². The lowest BCUT2D eigenvalue weighted by atomic mass is 9.93. The molecule has 1 aliphatic heterocycles. The number of carbonyl (C=O) groups is 1. The molecule has 0 spiro atoms. The van der Waals surface area contributed by atoms with Gasteiger partial charge in [-0.2, -0.15) is 0 Å². The number of carbonyl (C=O) groups excluding carboxylic acids is 1. The third kappa shape index (κ3) is 3.18. The Kier molecular flexibility index (Phi) is 4.11. The first kappa shape index (κ1) is 12.5. The summed E-state index contributed by atoms with van der Waals surface area (Å²) in [6.45, 7) is 6.45. The van der Waals surface area contributed by atoms with Gasteiger partial charge in [-0.1, -0.05) is 6.92 Å². The molecule has 1 fully saturated rings. The van der Waals surface area contributed by atoms with Gasteiger partial charge in [0.2, 0.25) is 0 Å². The zero-order valence-corrected chi connectivity index (χ0v) is 9.75. The van der Waals surface area contributed by atoms with Gasteiger partial charge in [0.1, 0.15) is 11.6 Å². The van der Waals surface area contributed by atoms with Gasteiger partial charge in [-0.15, -0.1) is 0 Å². The van der Waals surface area contributed by atoms with Crippen molar-refractivity contribution in [2.45, 2.75) is 45.3 Å². The van der Waals surface area contributed by atoms with E-state index in [1.807, 2.05) is 20.8 Å². The number of hydrogen-bond donors (Lipinski definition) is 2. The largest absolute Gasteiger partial charge is 0.458 e. The monoisotopic (exact) mass is 215 g/mol. The van der Waals surface area contributed by atoms with Gasteiger partial charge >= 0.3 is 5.97 Å². The standard InChI is InChI=1S/C11H21NO3/c1-8(7-13)11(2,3)15-10(14)9-5-4-6-12-9/h8-9,12-13H,4-7H2,1-3H3. The molecule has 2 atom stereocenters. The fraction of sp³-hybridized carbons (Fsp3) is 0.909. The van der Waals surface area contributed by atoms with Crippen molar-refractivity contribution in [2.75, 3.05) is 13.2 Å². The van der Waals surface area contributed by atoms with E-state index >= 15 is 0 Å². The zero-order chi connectivity index (χ0) is 11.5. The average Bonchev–Trinajstić information content (AvgIpc) is 2.68. The van der Waals surface area contributed by atoms with E-state index in [1.54, 1.807) is 0 Å². The molecule has 88 valence electrons. The van der Waals surface area contributed by atoms with Crippen LogP contribution < -0.4 is 5.32 Å². The molecule has 1 rings (SSSR count). The molecule has 0 amide bonds. The summed E-state index contributed by atoms with van der Waals surface area (Å²) in [6, 6.07) is -0.157. The van der Waals surface area contributed by atoms with Crippen LogP contribution in [0.3, 0.4) is 0 Å². The van der Waals surface area contributed by atoms with Crippen molar-refractivity contribution >= 4 is 5.97 Å². The minimum absolute atomic E-state index is 0.0262. The molecule has 0 aliphatic carbocycles. The van der Waals surface area contributed by atoms with Crippen LogP contribution >= 0.6 is 0 Å². The van der Waals surface area contributed by atoms with E-state index < -0.39 is 5.60 Å². The van der Waals surface area contributed by atoms with Crippen LogP contribution in [0, 0.1) is 5.92 Å². The van der Waals surface area contributed by atoms with Crippen molar-refractivity contribution < 1.29 is 14.6 Å². The summed E-state index contributed by atoms with van der Waals surface area (Å²) in [5.74, 6) is -0.249. The second-order valence-electron chi connectivity index (χ2n) is 4.76. The molecule has 4 heteroatoms. The molecule has 0 radical (unpaired) electrons. The molecule has 2 N–H and O–H groups in total. The maximum atomic E-state index is 11.7. The van der Waals surface area contributed by atoms with Crippen molar-refractivity contribution in [1.82, 2.24) is 5.32 Å². The maximum absolute atomic E-state index is 11.7. The van der Waals surface area contributed by atoms with Crippen LogP contribution in [0.4, 0.5) is 0 Å². The molecule has 0 aromatic heterocycles. The summed E-state index contributed by atoms with van der Waals surface area (Å²) in [4.78, 5) is 11.7. The van der Waals surface area contributed by atoms with Crippen LogP contribution in [-0.4, -0.2) is 35.9 Å². The summed E-state index contributed by atoms with van der Waals surface area (Å²) < 4.78 is 5.41. The van der Waals surface area contributed by atoms with Crippen molar-refractivity contribution in [3.05, 3.63) is 0 Å². The van der Waals surface area contributed by atoms with Crippen LogP contribution in [-0.2, 0) is 9.53 Å². The highest BCUT2D eigenvalue weighted by Gasteiger charge is 2.33. The number of hydrogen-bond acceptors (Lipinski definition) is 4. The zero-order valence-electron chi connectivity index (χ0n) is 9.75. The fourth-order valence-corrected chi connectivity index (χ4v) is 1.54. The topological polar surface area (TPSA) is 58.6 Å². The Bertz CT molecular complexity index is 222. The number of aliphatic hydroxyl groups is 1. The van der Waals surface area contributed by atoms with E-state index in [0.717, 1.165) is 19.4 Å². The second kappa shape index (κ2) is 4.94. The Morgan fingerprint density at radius 2 is 2.33 bits per heavy atom. The van der Waals surface area contributed by atoms with E-state index in [2.05, 4.69) is 5.32 Å². The van der Waals surface area contributed by atoms with Crippen molar-refractivity contribution in [1.29, 1.82) is 0 Å². The first-order chi connectivity index (χ1) is 6.97. The van der Waals surface area contributed by atoms with Crippen LogP contribution in [0.25, 0.3) is 0 Å². The summed E-state index contributed by atoms with van der Waals surface area (Å²) in [6.07, 6.45) is 1.87. The smallest absolute Gasteiger partial charge is 0.323 e. The first-order valence-electron chi connectivity index (χ1n) is 5.54. The quantitative estimate of drug-likeness (QED) is 0.677. The first-order valence-corrected chi connectivity index (χ1v) is 5.54. The summed E-state index contributed by atoms with van der Waals surface area (Å²) in [5.41, 5.74) is -0.601. The average molecular weight is 215 g/mol. The van der Waals surface area contributed by atoms with Crippen molar-refractivity contribution in [3.63, 3.8) is 0 Å². The number of aliphatic hydroxyl groups excluding tert-OH is 1. The predicted molar refractivity (Wildman–Crippen MR) is 57.4 cm³/mol. The predicted octanol–water partition coefficient (Wildman–Crippen LogP) is 0.689. The summed E-state index contributed by atoms with van der Waals surface area (Å²) >= 11 is 0. The lowest BCUT2D eigenvalue weighted by molar-refractivity contribution is -0.164. The third-order valence-corrected chi connectivity index (χ3v) is 3.17. The van der Waals surface area contributed by atoms with Crippen molar-refractivity contribution in [3.8, 4) is 0 Å². The van der Waals surface area contributed by atoms with Crippen LogP contribution in [0.15, 0.2) is 0 Å². The lowest BCUT2D eigenvalue weighted by Crippen LogP contribution is -2.42. The number of ether oxygens (including phenoxy) is 1. The highest BCUT2D eigenvalue weighted by Crippen LogP contribution is 2.22. The fourth-order valence-electron chi connectivity index (χ4n) is 1.54. The minimum Gasteiger partial charge on any atom is -0.458 e. The second-order valence-corrected chi connectivity index (χ2v) is 4.76. The lowest BCUT2D eigenvalue weighted by Gasteiger charge is -2.31. The molecule has 0 bridgehead atoms. The van der Waals surface area contributed by atoms with Gasteiger partial charge in [0.05, 0.1) is 0 Å². The Balaban J connectivity index is 2.48. The van der Waals surface area contributed by atoms with Crippen molar-refractivity contribution in [2.24, 2.45) is 5.92 Å². The summed E-state index contributed by atoms with van der Waals surface area (Å²) in [5, 5.41) is 12.1. The van der Waals surface area contributed by atoms with Crippen LogP contribution in [0.5, 0.6) is 0 Å². The molecule has 2 unspecified atom stereocenters. The molecule has 1 aliphatic rings. The normalized spacial score (nSPS) is 23.9. The third-order valence-electron chi connectivity index (χ3n) is 3.17. The molecule has 1 saturated heterocycles. The van der Waals surface area contributed by atoms with Gasteiger partial charge in [0, 0.05) is 12.5 Å². The Morgan fingerprint density at radius 3 is 2.80 bits per heavy atom. The van der Waals surface area contributed by atoms with E-state index in [4.69, 9.17) is 9.84 Å². The van der Waals surface area contributed by atoms with Gasteiger partial charge < -0.3 is 15.2 Å². The molecule has 0 saturated carbocycles. The van der Waals surface area contributed by atoms with E-state index in [0.29, 0.717) is 0 Å². The number of nitrogens with one attached hydrogen (secondary N) is 1. The molecular weight excluding hydrogens is 194 g/mol. The van der Waals surface area contributed by atoms with Gasteiger partial charge in [0.15, 0.2) is 0 Å². The van der Waals surface area contributed by atoms with E-state index in [9.17, 15) is 4.79 Å². The Labute approximate surface area is 91.0 Å². The molecule has 4 nitrogen and oxygen atoms in total. The molecule has 0 aromatic carbocycles. The number of esters is 1. The Hall–Kier alpha value is -0.610. The van der Waals surface area contributed by atoms with Crippen LogP contribution in [0.1, 0.15) is 33.6 Å². The van der Waals surface area contributed by atoms with E-state index in [-0.39, 0.29) is 24.5 Å². The highest BCUT2D eigenvalue weighted by atomic mass is 16.6. The highest BCUT2D eigenvalue weighted by molar-refractivity contribution is 5.76.